The summed E-state index contributed by atoms with van der Waals surface area (Å²) >= 11 is 12.0. The minimum Gasteiger partial charge on any atom is -0.388 e. The Morgan fingerprint density at radius 3 is 2.58 bits per heavy atom. The number of hydrogen-bond donors (Lipinski definition) is 1. The van der Waals surface area contributed by atoms with Crippen LogP contribution in [0.3, 0.4) is 0 Å². The van der Waals surface area contributed by atoms with E-state index in [0.29, 0.717) is 22.2 Å². The molecule has 3 rings (SSSR count). The Bertz CT molecular complexity index is 721. The van der Waals surface area contributed by atoms with Crippen molar-refractivity contribution in [2.75, 3.05) is 13.1 Å². The highest BCUT2D eigenvalue weighted by Crippen LogP contribution is 2.33. The predicted molar refractivity (Wildman–Crippen MR) is 96.5 cm³/mol. The zero-order valence-corrected chi connectivity index (χ0v) is 14.7. The summed E-state index contributed by atoms with van der Waals surface area (Å²) < 4.78 is 0. The van der Waals surface area contributed by atoms with Crippen molar-refractivity contribution in [3.8, 4) is 0 Å². The first kappa shape index (κ1) is 17.3. The van der Waals surface area contributed by atoms with Crippen LogP contribution in [0.5, 0.6) is 0 Å². The number of aliphatic hydroxyl groups is 1. The largest absolute Gasteiger partial charge is 0.388 e. The lowest BCUT2D eigenvalue weighted by Crippen LogP contribution is -2.41. The zero-order chi connectivity index (χ0) is 17.1. The Balaban J connectivity index is 1.73. The Morgan fingerprint density at radius 2 is 1.88 bits per heavy atom. The third-order valence-corrected chi connectivity index (χ3v) is 5.24. The van der Waals surface area contributed by atoms with Crippen molar-refractivity contribution < 1.29 is 9.90 Å². The van der Waals surface area contributed by atoms with Gasteiger partial charge in [0.05, 0.1) is 16.1 Å². The lowest BCUT2D eigenvalue weighted by atomic mass is 9.88. The molecule has 1 fully saturated rings. The highest BCUT2D eigenvalue weighted by atomic mass is 35.5. The Hall–Kier alpha value is -1.55. The topological polar surface area (TPSA) is 40.5 Å². The minimum atomic E-state index is -0.661. The van der Waals surface area contributed by atoms with Crippen LogP contribution in [0.25, 0.3) is 0 Å². The van der Waals surface area contributed by atoms with Crippen LogP contribution in [0.2, 0.25) is 10.0 Å². The van der Waals surface area contributed by atoms with Gasteiger partial charge in [0.2, 0.25) is 0 Å². The molecule has 0 radical (unpaired) electrons. The maximum atomic E-state index is 12.6. The van der Waals surface area contributed by atoms with Gasteiger partial charge >= 0.3 is 0 Å². The summed E-state index contributed by atoms with van der Waals surface area (Å²) in [5, 5.41) is 11.6. The summed E-state index contributed by atoms with van der Waals surface area (Å²) in [5.74, 6) is 0.00490. The molecule has 5 heteroatoms. The average molecular weight is 364 g/mol. The van der Waals surface area contributed by atoms with E-state index in [1.807, 2.05) is 35.2 Å². The van der Waals surface area contributed by atoms with Gasteiger partial charge in [-0.3, -0.25) is 4.79 Å². The van der Waals surface area contributed by atoms with E-state index < -0.39 is 6.10 Å². The van der Waals surface area contributed by atoms with E-state index in [0.717, 1.165) is 24.9 Å². The van der Waals surface area contributed by atoms with Gasteiger partial charge in [0, 0.05) is 24.6 Å². The van der Waals surface area contributed by atoms with Gasteiger partial charge in [0.25, 0.3) is 5.91 Å². The molecule has 0 aromatic heterocycles. The summed E-state index contributed by atoms with van der Waals surface area (Å²) in [4.78, 5) is 14.4. The molecule has 0 spiro atoms. The second kappa shape index (κ2) is 7.56. The van der Waals surface area contributed by atoms with Crippen LogP contribution in [0, 0.1) is 5.92 Å². The molecule has 2 atom stereocenters. The van der Waals surface area contributed by atoms with Gasteiger partial charge in [-0.25, -0.2) is 0 Å². The zero-order valence-electron chi connectivity index (χ0n) is 13.2. The molecule has 2 aromatic rings. The second-order valence-corrected chi connectivity index (χ2v) is 6.95. The quantitative estimate of drug-likeness (QED) is 0.866. The van der Waals surface area contributed by atoms with Crippen LogP contribution < -0.4 is 0 Å². The number of carbonyl (C=O) groups excluding carboxylic acids is 1. The van der Waals surface area contributed by atoms with E-state index in [4.69, 9.17) is 23.2 Å². The molecule has 3 nitrogen and oxygen atoms in total. The molecule has 1 amide bonds. The van der Waals surface area contributed by atoms with Crippen molar-refractivity contribution >= 4 is 29.1 Å². The molecule has 126 valence electrons. The molecule has 0 aliphatic carbocycles. The predicted octanol–water partition coefficient (Wildman–Crippen LogP) is 4.58. The van der Waals surface area contributed by atoms with Gasteiger partial charge < -0.3 is 10.0 Å². The summed E-state index contributed by atoms with van der Waals surface area (Å²) in [6, 6.07) is 14.4. The maximum absolute atomic E-state index is 12.6. The van der Waals surface area contributed by atoms with Gasteiger partial charge in [-0.05, 0) is 42.7 Å². The molecular weight excluding hydrogens is 345 g/mol. The number of aliphatic hydroxyl groups excluding tert-OH is 1. The van der Waals surface area contributed by atoms with Gasteiger partial charge in [-0.1, -0.05) is 47.5 Å². The van der Waals surface area contributed by atoms with Gasteiger partial charge in [0.15, 0.2) is 0 Å². The summed E-state index contributed by atoms with van der Waals surface area (Å²) in [5.41, 5.74) is 1.42. The van der Waals surface area contributed by atoms with Crippen LogP contribution in [0.4, 0.5) is 0 Å². The lowest BCUT2D eigenvalue weighted by molar-refractivity contribution is 0.0401. The fraction of sp³-hybridized carbons (Fsp3) is 0.316. The average Bonchev–Trinajstić information content (AvgIpc) is 2.63. The number of carbonyl (C=O) groups is 1. The first-order valence-corrected chi connectivity index (χ1v) is 8.79. The van der Waals surface area contributed by atoms with E-state index >= 15 is 0 Å². The van der Waals surface area contributed by atoms with Crippen LogP contribution in [-0.4, -0.2) is 29.0 Å². The van der Waals surface area contributed by atoms with Crippen molar-refractivity contribution in [2.45, 2.75) is 18.9 Å². The van der Waals surface area contributed by atoms with Crippen molar-refractivity contribution in [2.24, 2.45) is 5.92 Å². The molecule has 2 aromatic carbocycles. The number of piperidine rings is 1. The maximum Gasteiger partial charge on any atom is 0.253 e. The van der Waals surface area contributed by atoms with Crippen LogP contribution >= 0.6 is 23.2 Å². The summed E-state index contributed by atoms with van der Waals surface area (Å²) in [6.45, 7) is 1.26. The molecule has 1 saturated heterocycles. The number of likely N-dealkylation sites (tertiary alicyclic amines) is 1. The van der Waals surface area contributed by atoms with Crippen molar-refractivity contribution in [3.63, 3.8) is 0 Å². The van der Waals surface area contributed by atoms with Crippen LogP contribution in [-0.2, 0) is 0 Å². The third kappa shape index (κ3) is 3.75. The monoisotopic (exact) mass is 363 g/mol. The molecule has 2 unspecified atom stereocenters. The van der Waals surface area contributed by atoms with E-state index in [9.17, 15) is 9.90 Å². The van der Waals surface area contributed by atoms with Gasteiger partial charge in [-0.15, -0.1) is 0 Å². The molecule has 1 aliphatic rings. The van der Waals surface area contributed by atoms with Crippen molar-refractivity contribution in [1.82, 2.24) is 4.90 Å². The SMILES string of the molecule is O=C(c1ccccc1)N1CCCC(C(O)c2ccc(Cl)c(Cl)c2)C1. The Morgan fingerprint density at radius 1 is 1.12 bits per heavy atom. The highest BCUT2D eigenvalue weighted by molar-refractivity contribution is 6.42. The number of rotatable bonds is 3. The number of hydrogen-bond acceptors (Lipinski definition) is 2. The molecule has 1 N–H and O–H groups in total. The van der Waals surface area contributed by atoms with Crippen LogP contribution in [0.1, 0.15) is 34.9 Å². The number of amides is 1. The summed E-state index contributed by atoms with van der Waals surface area (Å²) in [6.07, 6.45) is 1.09. The Kier molecular flexibility index (Phi) is 5.44. The molecule has 0 bridgehead atoms. The fourth-order valence-electron chi connectivity index (χ4n) is 3.18. The van der Waals surface area contributed by atoms with Gasteiger partial charge in [0.1, 0.15) is 0 Å². The highest BCUT2D eigenvalue weighted by Gasteiger charge is 2.29. The molecular formula is C19H19Cl2NO2. The molecule has 0 saturated carbocycles. The van der Waals surface area contributed by atoms with E-state index in [1.54, 1.807) is 18.2 Å². The standard InChI is InChI=1S/C19H19Cl2NO2/c20-16-9-8-14(11-17(16)21)18(23)15-7-4-10-22(12-15)19(24)13-5-2-1-3-6-13/h1-3,5-6,8-9,11,15,18,23H,4,7,10,12H2. The second-order valence-electron chi connectivity index (χ2n) is 6.14. The lowest BCUT2D eigenvalue weighted by Gasteiger charge is -2.35. The van der Waals surface area contributed by atoms with E-state index in [1.165, 1.54) is 0 Å². The van der Waals surface area contributed by atoms with Crippen molar-refractivity contribution in [1.29, 1.82) is 0 Å². The molecule has 1 aliphatic heterocycles. The number of benzene rings is 2. The fourth-order valence-corrected chi connectivity index (χ4v) is 3.49. The minimum absolute atomic E-state index is 0.0105. The van der Waals surface area contributed by atoms with Crippen molar-refractivity contribution in [3.05, 3.63) is 69.7 Å². The first-order chi connectivity index (χ1) is 11.6. The Labute approximate surface area is 151 Å². The molecule has 1 heterocycles. The van der Waals surface area contributed by atoms with E-state index in [-0.39, 0.29) is 11.8 Å². The van der Waals surface area contributed by atoms with Gasteiger partial charge in [-0.2, -0.15) is 0 Å². The smallest absolute Gasteiger partial charge is 0.253 e. The normalized spacial score (nSPS) is 19.1. The van der Waals surface area contributed by atoms with E-state index in [2.05, 4.69) is 0 Å². The first-order valence-electron chi connectivity index (χ1n) is 8.03. The number of halogens is 2. The van der Waals surface area contributed by atoms with Crippen LogP contribution in [0.15, 0.2) is 48.5 Å². The number of nitrogens with zero attached hydrogens (tertiary/aromatic N) is 1. The third-order valence-electron chi connectivity index (χ3n) is 4.50. The molecule has 24 heavy (non-hydrogen) atoms. The summed E-state index contributed by atoms with van der Waals surface area (Å²) in [7, 11) is 0.